The average molecular weight is 130 g/mol. The molecule has 0 fully saturated rings. The first-order valence-electron chi connectivity index (χ1n) is 3.14. The lowest BCUT2D eigenvalue weighted by Crippen LogP contribution is -2.34. The molecule has 0 amide bonds. The predicted octanol–water partition coefficient (Wildman–Crippen LogP) is 0.653. The smallest absolute Gasteiger partial charge is 0.0975 e. The van der Waals surface area contributed by atoms with Crippen molar-refractivity contribution < 1.29 is 0 Å². The fraction of sp³-hybridized carbons (Fsp3) is 1.00. The van der Waals surface area contributed by atoms with Crippen molar-refractivity contribution >= 4 is 10.4 Å². The van der Waals surface area contributed by atoms with Gasteiger partial charge in [-0.2, -0.15) is 0 Å². The van der Waals surface area contributed by atoms with Crippen LogP contribution in [0.5, 0.6) is 0 Å². The van der Waals surface area contributed by atoms with Gasteiger partial charge in [0.15, 0.2) is 0 Å². The van der Waals surface area contributed by atoms with Crippen LogP contribution in [0.1, 0.15) is 27.7 Å². The Bertz CT molecular complexity index is 53.5. The lowest BCUT2D eigenvalue weighted by molar-refractivity contribution is 0.320. The van der Waals surface area contributed by atoms with Gasteiger partial charge in [0.1, 0.15) is 0 Å². The fourth-order valence-corrected chi connectivity index (χ4v) is 0.596. The van der Waals surface area contributed by atoms with Gasteiger partial charge < -0.3 is 4.57 Å². The fourth-order valence-electron chi connectivity index (χ4n) is 0.596. The molecular weight excluding hydrogens is 114 g/mol. The second-order valence-electron chi connectivity index (χ2n) is 2.70. The summed E-state index contributed by atoms with van der Waals surface area (Å²) in [5.41, 5.74) is 0. The van der Waals surface area contributed by atoms with Gasteiger partial charge in [0, 0.05) is 0 Å². The highest BCUT2D eigenvalue weighted by Crippen LogP contribution is 1.97. The van der Waals surface area contributed by atoms with E-state index in [9.17, 15) is 0 Å². The molecule has 0 N–H and O–H groups in total. The minimum absolute atomic E-state index is 0.688. The van der Waals surface area contributed by atoms with Gasteiger partial charge in [-0.1, -0.05) is 27.7 Å². The molecular formula is C6H16NSi. The second kappa shape index (κ2) is 3.25. The van der Waals surface area contributed by atoms with Crippen LogP contribution in [-0.4, -0.2) is 27.1 Å². The van der Waals surface area contributed by atoms with E-state index in [1.165, 1.54) is 0 Å². The standard InChI is InChI=1S/C6H16NSi/c1-5(2)7(8)6(3)4/h5-6H,8H2,1-4H3. The summed E-state index contributed by atoms with van der Waals surface area (Å²) >= 11 is 0. The van der Waals surface area contributed by atoms with Crippen LogP contribution < -0.4 is 0 Å². The zero-order chi connectivity index (χ0) is 6.73. The molecule has 0 aliphatic carbocycles. The van der Waals surface area contributed by atoms with Crippen LogP contribution in [0.2, 0.25) is 0 Å². The van der Waals surface area contributed by atoms with E-state index < -0.39 is 0 Å². The molecule has 0 unspecified atom stereocenters. The van der Waals surface area contributed by atoms with Crippen LogP contribution in [0.25, 0.3) is 0 Å². The van der Waals surface area contributed by atoms with Crippen molar-refractivity contribution in [2.45, 2.75) is 39.8 Å². The minimum Gasteiger partial charge on any atom is -0.326 e. The van der Waals surface area contributed by atoms with Gasteiger partial charge in [0.2, 0.25) is 0 Å². The van der Waals surface area contributed by atoms with Crippen molar-refractivity contribution in [3.63, 3.8) is 0 Å². The summed E-state index contributed by atoms with van der Waals surface area (Å²) in [6.07, 6.45) is 0. The van der Waals surface area contributed by atoms with E-state index in [-0.39, 0.29) is 0 Å². The number of rotatable bonds is 2. The van der Waals surface area contributed by atoms with Gasteiger partial charge in [-0.05, 0) is 12.1 Å². The quantitative estimate of drug-likeness (QED) is 0.496. The molecule has 0 aromatic heterocycles. The van der Waals surface area contributed by atoms with Crippen molar-refractivity contribution in [1.82, 2.24) is 4.57 Å². The normalized spacial score (nSPS) is 12.0. The summed E-state index contributed by atoms with van der Waals surface area (Å²) in [5.74, 6) is 0. The topological polar surface area (TPSA) is 3.24 Å². The van der Waals surface area contributed by atoms with Crippen molar-refractivity contribution in [1.29, 1.82) is 0 Å². The predicted molar refractivity (Wildman–Crippen MR) is 40.7 cm³/mol. The van der Waals surface area contributed by atoms with E-state index in [1.807, 2.05) is 10.4 Å². The molecule has 1 nitrogen and oxygen atoms in total. The maximum atomic E-state index is 2.36. The first-order chi connectivity index (χ1) is 3.55. The van der Waals surface area contributed by atoms with Crippen molar-refractivity contribution in [3.05, 3.63) is 0 Å². The first kappa shape index (κ1) is 8.18. The van der Waals surface area contributed by atoms with E-state index >= 15 is 0 Å². The molecule has 0 rings (SSSR count). The molecule has 1 radical (unpaired) electrons. The molecule has 8 heavy (non-hydrogen) atoms. The monoisotopic (exact) mass is 130 g/mol. The van der Waals surface area contributed by atoms with Crippen LogP contribution in [0.15, 0.2) is 0 Å². The average Bonchev–Trinajstić information content (AvgIpc) is 1.64. The Kier molecular flexibility index (Phi) is 3.32. The van der Waals surface area contributed by atoms with Crippen LogP contribution >= 0.6 is 0 Å². The summed E-state index contributed by atoms with van der Waals surface area (Å²) in [7, 11) is 1.96. The van der Waals surface area contributed by atoms with Crippen LogP contribution in [-0.2, 0) is 0 Å². The zero-order valence-electron chi connectivity index (χ0n) is 6.31. The molecule has 0 atom stereocenters. The minimum atomic E-state index is 0.688. The Morgan fingerprint density at radius 1 is 1.00 bits per heavy atom. The largest absolute Gasteiger partial charge is 0.326 e. The molecule has 0 aliphatic heterocycles. The Morgan fingerprint density at radius 3 is 1.25 bits per heavy atom. The Hall–Kier alpha value is 0.177. The highest BCUT2D eigenvalue weighted by atomic mass is 28.2. The summed E-state index contributed by atoms with van der Waals surface area (Å²) in [6.45, 7) is 8.86. The van der Waals surface area contributed by atoms with E-state index in [0.29, 0.717) is 12.1 Å². The van der Waals surface area contributed by atoms with Crippen molar-refractivity contribution in [2.75, 3.05) is 0 Å². The third-order valence-electron chi connectivity index (χ3n) is 1.33. The SMILES string of the molecule is CC(C)N([SiH2])C(C)C. The lowest BCUT2D eigenvalue weighted by atomic mass is 10.3. The van der Waals surface area contributed by atoms with Crippen LogP contribution in [0.3, 0.4) is 0 Å². The van der Waals surface area contributed by atoms with Crippen LogP contribution in [0, 0.1) is 0 Å². The van der Waals surface area contributed by atoms with E-state index in [1.54, 1.807) is 0 Å². The van der Waals surface area contributed by atoms with Gasteiger partial charge in [0.05, 0.1) is 10.4 Å². The van der Waals surface area contributed by atoms with Gasteiger partial charge in [-0.15, -0.1) is 0 Å². The number of nitrogens with zero attached hydrogens (tertiary/aromatic N) is 1. The molecule has 49 valence electrons. The maximum Gasteiger partial charge on any atom is 0.0975 e. The molecule has 0 heterocycles. The van der Waals surface area contributed by atoms with Gasteiger partial charge in [-0.25, -0.2) is 0 Å². The van der Waals surface area contributed by atoms with E-state index in [0.717, 1.165) is 0 Å². The molecule has 0 bridgehead atoms. The Balaban J connectivity index is 3.46. The van der Waals surface area contributed by atoms with Crippen molar-refractivity contribution in [3.8, 4) is 0 Å². The lowest BCUT2D eigenvalue weighted by Gasteiger charge is -2.25. The Morgan fingerprint density at radius 2 is 1.25 bits per heavy atom. The number of hydrogen-bond donors (Lipinski definition) is 0. The number of hydrogen-bond acceptors (Lipinski definition) is 1. The third kappa shape index (κ3) is 2.48. The summed E-state index contributed by atoms with van der Waals surface area (Å²) in [6, 6.07) is 1.38. The van der Waals surface area contributed by atoms with Crippen molar-refractivity contribution in [2.24, 2.45) is 0 Å². The zero-order valence-corrected chi connectivity index (χ0v) is 7.72. The first-order valence-corrected chi connectivity index (χ1v) is 3.77. The van der Waals surface area contributed by atoms with Gasteiger partial charge in [0.25, 0.3) is 0 Å². The molecule has 0 spiro atoms. The van der Waals surface area contributed by atoms with Gasteiger partial charge >= 0.3 is 0 Å². The molecule has 0 saturated carbocycles. The van der Waals surface area contributed by atoms with Crippen LogP contribution in [0.4, 0.5) is 0 Å². The van der Waals surface area contributed by atoms with E-state index in [4.69, 9.17) is 0 Å². The van der Waals surface area contributed by atoms with E-state index in [2.05, 4.69) is 32.3 Å². The molecule has 0 aromatic rings. The highest BCUT2D eigenvalue weighted by Gasteiger charge is 2.04. The maximum absolute atomic E-state index is 2.36. The van der Waals surface area contributed by atoms with Gasteiger partial charge in [-0.3, -0.25) is 0 Å². The molecule has 0 aromatic carbocycles. The summed E-state index contributed by atoms with van der Waals surface area (Å²) in [4.78, 5) is 0. The second-order valence-corrected chi connectivity index (χ2v) is 3.43. The molecule has 0 aliphatic rings. The third-order valence-corrected chi connectivity index (χ3v) is 2.79. The summed E-state index contributed by atoms with van der Waals surface area (Å²) < 4.78 is 2.36. The highest BCUT2D eigenvalue weighted by molar-refractivity contribution is 6.04. The Labute approximate surface area is 55.6 Å². The summed E-state index contributed by atoms with van der Waals surface area (Å²) in [5, 5.41) is 0. The molecule has 0 saturated heterocycles. The molecule has 2 heteroatoms.